The Labute approximate surface area is 168 Å². The molecular weight excluding hydrogens is 378 g/mol. The molecule has 1 aromatic heterocycles. The maximum Gasteiger partial charge on any atom is 0.255 e. The predicted molar refractivity (Wildman–Crippen MR) is 107 cm³/mol. The maximum atomic E-state index is 12.8. The van der Waals surface area contributed by atoms with Crippen molar-refractivity contribution >= 4 is 34.7 Å². The third kappa shape index (κ3) is 3.92. The summed E-state index contributed by atoms with van der Waals surface area (Å²) in [5.74, 6) is 0.459. The second-order valence-electron chi connectivity index (χ2n) is 6.95. The number of amides is 1. The van der Waals surface area contributed by atoms with E-state index in [2.05, 4.69) is 9.98 Å². The number of Topliss-reactive ketones (excluding diaryl/α,β-unsaturated/α-hetero) is 1. The molecule has 0 saturated carbocycles. The standard InChI is InChI=1S/C21H20ClN3O3/c22-18-5-4-15(11-17(18)21(27)25-8-2-1-3-9-25)28-13-14-10-20(26)16-6-7-23-12-19(16)24-14/h4-7,11-12H,1-3,8-10,13H2. The van der Waals surface area contributed by atoms with Gasteiger partial charge in [-0.1, -0.05) is 11.6 Å². The number of carbonyl (C=O) groups excluding carboxylic acids is 2. The van der Waals surface area contributed by atoms with E-state index in [4.69, 9.17) is 16.3 Å². The van der Waals surface area contributed by atoms with E-state index in [1.807, 2.05) is 4.90 Å². The van der Waals surface area contributed by atoms with Crippen LogP contribution in [0.2, 0.25) is 5.02 Å². The highest BCUT2D eigenvalue weighted by molar-refractivity contribution is 6.33. The molecule has 2 aliphatic heterocycles. The van der Waals surface area contributed by atoms with E-state index in [0.717, 1.165) is 32.4 Å². The number of carbonyl (C=O) groups is 2. The van der Waals surface area contributed by atoms with Crippen LogP contribution in [0.5, 0.6) is 5.75 Å². The van der Waals surface area contributed by atoms with Crippen LogP contribution in [-0.2, 0) is 0 Å². The summed E-state index contributed by atoms with van der Waals surface area (Å²) in [6, 6.07) is 6.73. The fourth-order valence-corrected chi connectivity index (χ4v) is 3.68. The molecule has 0 spiro atoms. The highest BCUT2D eigenvalue weighted by Crippen LogP contribution is 2.27. The van der Waals surface area contributed by atoms with Crippen molar-refractivity contribution in [2.24, 2.45) is 4.99 Å². The number of ether oxygens (including phenoxy) is 1. The van der Waals surface area contributed by atoms with E-state index < -0.39 is 0 Å². The molecule has 3 heterocycles. The number of halogens is 1. The molecule has 0 N–H and O–H groups in total. The zero-order valence-corrected chi connectivity index (χ0v) is 16.1. The molecule has 1 fully saturated rings. The van der Waals surface area contributed by atoms with Gasteiger partial charge in [0.25, 0.3) is 5.91 Å². The Hall–Kier alpha value is -2.73. The Kier molecular flexibility index (Phi) is 5.39. The number of benzene rings is 1. The number of aliphatic imine (C=N–C) groups is 1. The Morgan fingerprint density at radius 2 is 2.00 bits per heavy atom. The fourth-order valence-electron chi connectivity index (χ4n) is 3.48. The zero-order valence-electron chi connectivity index (χ0n) is 15.4. The second-order valence-corrected chi connectivity index (χ2v) is 7.36. The molecule has 28 heavy (non-hydrogen) atoms. The van der Waals surface area contributed by atoms with Crippen LogP contribution in [0.15, 0.2) is 41.7 Å². The van der Waals surface area contributed by atoms with E-state index in [1.54, 1.807) is 36.7 Å². The summed E-state index contributed by atoms with van der Waals surface area (Å²) in [5.41, 5.74) is 2.22. The number of pyridine rings is 1. The number of rotatable bonds is 4. The lowest BCUT2D eigenvalue weighted by atomic mass is 10.0. The van der Waals surface area contributed by atoms with Gasteiger partial charge in [0.1, 0.15) is 12.4 Å². The van der Waals surface area contributed by atoms with Crippen LogP contribution in [0.25, 0.3) is 0 Å². The van der Waals surface area contributed by atoms with Crippen molar-refractivity contribution in [1.82, 2.24) is 9.88 Å². The molecule has 1 aromatic carbocycles. The van der Waals surface area contributed by atoms with E-state index >= 15 is 0 Å². The number of piperidine rings is 1. The molecule has 2 aromatic rings. The van der Waals surface area contributed by atoms with Crippen molar-refractivity contribution in [3.8, 4) is 5.75 Å². The molecule has 4 rings (SSSR count). The van der Waals surface area contributed by atoms with Crippen molar-refractivity contribution in [3.63, 3.8) is 0 Å². The van der Waals surface area contributed by atoms with Crippen LogP contribution < -0.4 is 4.74 Å². The predicted octanol–water partition coefficient (Wildman–Crippen LogP) is 4.10. The second kappa shape index (κ2) is 8.10. The molecular formula is C21H20ClN3O3. The third-order valence-corrected chi connectivity index (χ3v) is 5.29. The Morgan fingerprint density at radius 1 is 1.18 bits per heavy atom. The molecule has 0 unspecified atom stereocenters. The van der Waals surface area contributed by atoms with Gasteiger partial charge < -0.3 is 9.64 Å². The van der Waals surface area contributed by atoms with Gasteiger partial charge in [0.2, 0.25) is 0 Å². The van der Waals surface area contributed by atoms with Crippen LogP contribution in [0.1, 0.15) is 46.4 Å². The minimum absolute atomic E-state index is 0.00284. The smallest absolute Gasteiger partial charge is 0.255 e. The van der Waals surface area contributed by atoms with Crippen LogP contribution in [-0.4, -0.2) is 47.0 Å². The topological polar surface area (TPSA) is 71.9 Å². The van der Waals surface area contributed by atoms with Crippen LogP contribution in [0, 0.1) is 0 Å². The number of hydrogen-bond donors (Lipinski definition) is 0. The lowest BCUT2D eigenvalue weighted by molar-refractivity contribution is 0.0724. The molecule has 0 atom stereocenters. The van der Waals surface area contributed by atoms with Crippen molar-refractivity contribution < 1.29 is 14.3 Å². The number of aromatic nitrogens is 1. The molecule has 2 aliphatic rings. The average molecular weight is 398 g/mol. The van der Waals surface area contributed by atoms with Crippen LogP contribution >= 0.6 is 11.6 Å². The molecule has 0 bridgehead atoms. The summed E-state index contributed by atoms with van der Waals surface area (Å²) >= 11 is 6.26. The average Bonchev–Trinajstić information content (AvgIpc) is 2.73. The monoisotopic (exact) mass is 397 g/mol. The SMILES string of the molecule is O=C1CC(COc2ccc(Cl)c(C(=O)N3CCCCC3)c2)=Nc2cnccc21. The zero-order chi connectivity index (χ0) is 19.5. The summed E-state index contributed by atoms with van der Waals surface area (Å²) in [6.07, 6.45) is 6.56. The molecule has 6 nitrogen and oxygen atoms in total. The molecule has 1 amide bonds. The van der Waals surface area contributed by atoms with Crippen molar-refractivity contribution in [1.29, 1.82) is 0 Å². The first-order valence-electron chi connectivity index (χ1n) is 9.37. The molecule has 144 valence electrons. The highest BCUT2D eigenvalue weighted by Gasteiger charge is 2.22. The summed E-state index contributed by atoms with van der Waals surface area (Å²) in [7, 11) is 0. The Bertz CT molecular complexity index is 952. The normalized spacial score (nSPS) is 16.4. The summed E-state index contributed by atoms with van der Waals surface area (Å²) in [5, 5.41) is 0.410. The van der Waals surface area contributed by atoms with Gasteiger partial charge in [-0.3, -0.25) is 19.6 Å². The Balaban J connectivity index is 1.48. The maximum absolute atomic E-state index is 12.8. The number of likely N-dealkylation sites (tertiary alicyclic amines) is 1. The van der Waals surface area contributed by atoms with Gasteiger partial charge >= 0.3 is 0 Å². The van der Waals surface area contributed by atoms with E-state index in [-0.39, 0.29) is 24.7 Å². The highest BCUT2D eigenvalue weighted by atomic mass is 35.5. The summed E-state index contributed by atoms with van der Waals surface area (Å²) in [6.45, 7) is 1.68. The first kappa shape index (κ1) is 18.6. The van der Waals surface area contributed by atoms with Crippen molar-refractivity contribution in [2.75, 3.05) is 19.7 Å². The van der Waals surface area contributed by atoms with E-state index in [9.17, 15) is 9.59 Å². The fraction of sp³-hybridized carbons (Fsp3) is 0.333. The summed E-state index contributed by atoms with van der Waals surface area (Å²) < 4.78 is 5.81. The van der Waals surface area contributed by atoms with Gasteiger partial charge in [-0.05, 0) is 43.5 Å². The van der Waals surface area contributed by atoms with Gasteiger partial charge in [0.05, 0.1) is 34.6 Å². The summed E-state index contributed by atoms with van der Waals surface area (Å²) in [4.78, 5) is 35.3. The minimum atomic E-state index is -0.0691. The first-order chi connectivity index (χ1) is 13.6. The van der Waals surface area contributed by atoms with Crippen molar-refractivity contribution in [3.05, 3.63) is 52.8 Å². The third-order valence-electron chi connectivity index (χ3n) is 4.96. The van der Waals surface area contributed by atoms with E-state index in [1.165, 1.54) is 0 Å². The molecule has 0 radical (unpaired) electrons. The number of hydrogen-bond acceptors (Lipinski definition) is 5. The molecule has 0 aliphatic carbocycles. The largest absolute Gasteiger partial charge is 0.488 e. The first-order valence-corrected chi connectivity index (χ1v) is 9.75. The van der Waals surface area contributed by atoms with E-state index in [0.29, 0.717) is 33.3 Å². The lowest BCUT2D eigenvalue weighted by Crippen LogP contribution is -2.35. The van der Waals surface area contributed by atoms with Gasteiger partial charge in [0.15, 0.2) is 5.78 Å². The minimum Gasteiger partial charge on any atom is -0.488 e. The van der Waals surface area contributed by atoms with Crippen molar-refractivity contribution in [2.45, 2.75) is 25.7 Å². The number of ketones is 1. The molecule has 7 heteroatoms. The quantitative estimate of drug-likeness (QED) is 0.778. The van der Waals surface area contributed by atoms with Gasteiger partial charge in [-0.2, -0.15) is 0 Å². The van der Waals surface area contributed by atoms with Crippen LogP contribution in [0.4, 0.5) is 5.69 Å². The number of fused-ring (bicyclic) bond motifs is 1. The molecule has 1 saturated heterocycles. The van der Waals surface area contributed by atoms with Gasteiger partial charge in [-0.15, -0.1) is 0 Å². The lowest BCUT2D eigenvalue weighted by Gasteiger charge is -2.27. The number of nitrogens with zero attached hydrogens (tertiary/aromatic N) is 3. The van der Waals surface area contributed by atoms with Crippen LogP contribution in [0.3, 0.4) is 0 Å². The van der Waals surface area contributed by atoms with Gasteiger partial charge in [-0.25, -0.2) is 0 Å². The van der Waals surface area contributed by atoms with Gasteiger partial charge in [0, 0.05) is 24.8 Å². The Morgan fingerprint density at radius 3 is 2.82 bits per heavy atom.